The Bertz CT molecular complexity index is 924. The number of hydrogen-bond donors (Lipinski definition) is 1. The van der Waals surface area contributed by atoms with Crippen LogP contribution in [0.15, 0.2) is 42.7 Å². The molecule has 1 aromatic carbocycles. The molecule has 2 heterocycles. The van der Waals surface area contributed by atoms with Crippen LogP contribution in [0.4, 0.5) is 5.69 Å². The number of carbonyl (C=O) groups is 1. The second-order valence-corrected chi connectivity index (χ2v) is 6.80. The maximum Gasteiger partial charge on any atom is 0.234 e. The highest BCUT2D eigenvalue weighted by Gasteiger charge is 2.08. The summed E-state index contributed by atoms with van der Waals surface area (Å²) in [4.78, 5) is 16.7. The van der Waals surface area contributed by atoms with E-state index in [0.29, 0.717) is 28.7 Å². The lowest BCUT2D eigenvalue weighted by Crippen LogP contribution is -2.14. The van der Waals surface area contributed by atoms with Crippen molar-refractivity contribution in [3.63, 3.8) is 0 Å². The van der Waals surface area contributed by atoms with Crippen molar-refractivity contribution in [1.29, 1.82) is 0 Å². The first kappa shape index (κ1) is 18.1. The smallest absolute Gasteiger partial charge is 0.234 e. The lowest BCUT2D eigenvalue weighted by atomic mass is 10.2. The van der Waals surface area contributed by atoms with Crippen molar-refractivity contribution in [1.82, 2.24) is 9.38 Å². The molecule has 1 N–H and O–H groups in total. The first-order chi connectivity index (χ1) is 12.6. The van der Waals surface area contributed by atoms with Crippen LogP contribution in [0, 0.1) is 6.92 Å². The average molecular weight is 371 g/mol. The van der Waals surface area contributed by atoms with E-state index in [1.54, 1.807) is 32.4 Å². The van der Waals surface area contributed by atoms with E-state index < -0.39 is 0 Å². The van der Waals surface area contributed by atoms with Gasteiger partial charge in [0.25, 0.3) is 0 Å². The number of pyridine rings is 1. The third-order valence-corrected chi connectivity index (χ3v) is 4.77. The van der Waals surface area contributed by atoms with Gasteiger partial charge < -0.3 is 19.2 Å². The van der Waals surface area contributed by atoms with Gasteiger partial charge in [-0.05, 0) is 30.7 Å². The van der Waals surface area contributed by atoms with Crippen molar-refractivity contribution in [3.05, 3.63) is 54.0 Å². The minimum Gasteiger partial charge on any atom is -0.493 e. The Balaban J connectivity index is 1.53. The monoisotopic (exact) mass is 371 g/mol. The SMILES string of the molecule is COc1ccc(NC(=O)CSCc2cn3cc(C)ccc3n2)cc1OC. The molecule has 0 spiro atoms. The number of benzene rings is 1. The van der Waals surface area contributed by atoms with Crippen LogP contribution >= 0.6 is 11.8 Å². The van der Waals surface area contributed by atoms with E-state index in [2.05, 4.69) is 10.3 Å². The van der Waals surface area contributed by atoms with Crippen LogP contribution in [0.1, 0.15) is 11.3 Å². The van der Waals surface area contributed by atoms with Crippen molar-refractivity contribution in [2.24, 2.45) is 0 Å². The second-order valence-electron chi connectivity index (χ2n) is 5.81. The Morgan fingerprint density at radius 2 is 1.96 bits per heavy atom. The maximum absolute atomic E-state index is 12.1. The van der Waals surface area contributed by atoms with Gasteiger partial charge in [0.2, 0.25) is 5.91 Å². The zero-order valence-corrected chi connectivity index (χ0v) is 15.8. The number of anilines is 1. The molecule has 0 atom stereocenters. The van der Waals surface area contributed by atoms with Crippen LogP contribution in [0.25, 0.3) is 5.65 Å². The number of nitrogens with zero attached hydrogens (tertiary/aromatic N) is 2. The summed E-state index contributed by atoms with van der Waals surface area (Å²) in [6.07, 6.45) is 4.04. The molecule has 0 saturated heterocycles. The van der Waals surface area contributed by atoms with Gasteiger partial charge in [-0.2, -0.15) is 0 Å². The molecule has 3 aromatic rings. The summed E-state index contributed by atoms with van der Waals surface area (Å²) in [5.41, 5.74) is 3.74. The maximum atomic E-state index is 12.1. The molecule has 0 aliphatic carbocycles. The molecular weight excluding hydrogens is 350 g/mol. The Morgan fingerprint density at radius 3 is 2.73 bits per heavy atom. The first-order valence-corrected chi connectivity index (χ1v) is 9.28. The molecule has 0 fully saturated rings. The standard InChI is InChI=1S/C19H21N3O3S/c1-13-4-7-18-20-15(10-22(18)9-13)11-26-12-19(23)21-14-5-6-16(24-2)17(8-14)25-3/h4-10H,11-12H2,1-3H3,(H,21,23). The molecule has 0 radical (unpaired) electrons. The molecule has 3 rings (SSSR count). The highest BCUT2D eigenvalue weighted by atomic mass is 32.2. The highest BCUT2D eigenvalue weighted by Crippen LogP contribution is 2.29. The number of amides is 1. The van der Waals surface area contributed by atoms with E-state index in [1.807, 2.05) is 35.9 Å². The zero-order chi connectivity index (χ0) is 18.5. The molecule has 26 heavy (non-hydrogen) atoms. The van der Waals surface area contributed by atoms with E-state index in [0.717, 1.165) is 11.3 Å². The van der Waals surface area contributed by atoms with Crippen LogP contribution in [-0.2, 0) is 10.5 Å². The number of aromatic nitrogens is 2. The van der Waals surface area contributed by atoms with Crippen molar-refractivity contribution >= 4 is 29.0 Å². The number of rotatable bonds is 7. The van der Waals surface area contributed by atoms with Gasteiger partial charge in [-0.3, -0.25) is 4.79 Å². The number of ether oxygens (including phenoxy) is 2. The molecule has 0 aliphatic heterocycles. The van der Waals surface area contributed by atoms with Gasteiger partial charge in [0.1, 0.15) is 5.65 Å². The van der Waals surface area contributed by atoms with Crippen LogP contribution in [-0.4, -0.2) is 35.3 Å². The van der Waals surface area contributed by atoms with E-state index >= 15 is 0 Å². The Morgan fingerprint density at radius 1 is 1.15 bits per heavy atom. The lowest BCUT2D eigenvalue weighted by molar-refractivity contribution is -0.113. The van der Waals surface area contributed by atoms with Crippen molar-refractivity contribution in [3.8, 4) is 11.5 Å². The van der Waals surface area contributed by atoms with Gasteiger partial charge >= 0.3 is 0 Å². The van der Waals surface area contributed by atoms with Crippen LogP contribution in [0.5, 0.6) is 11.5 Å². The lowest BCUT2D eigenvalue weighted by Gasteiger charge is -2.10. The molecule has 0 unspecified atom stereocenters. The van der Waals surface area contributed by atoms with Gasteiger partial charge in [-0.1, -0.05) is 6.07 Å². The Labute approximate surface area is 156 Å². The predicted octanol–water partition coefficient (Wildman–Crippen LogP) is 3.53. The second kappa shape index (κ2) is 8.14. The topological polar surface area (TPSA) is 64.9 Å². The van der Waals surface area contributed by atoms with E-state index in [-0.39, 0.29) is 5.91 Å². The molecule has 0 bridgehead atoms. The predicted molar refractivity (Wildman–Crippen MR) is 104 cm³/mol. The Kier molecular flexibility index (Phi) is 5.68. The van der Waals surface area contributed by atoms with Crippen LogP contribution in [0.3, 0.4) is 0 Å². The minimum atomic E-state index is -0.0678. The minimum absolute atomic E-state index is 0.0678. The number of fused-ring (bicyclic) bond motifs is 1. The quantitative estimate of drug-likeness (QED) is 0.688. The van der Waals surface area contributed by atoms with Crippen LogP contribution < -0.4 is 14.8 Å². The molecule has 0 saturated carbocycles. The van der Waals surface area contributed by atoms with E-state index in [4.69, 9.17) is 9.47 Å². The molecule has 136 valence electrons. The number of nitrogens with one attached hydrogen (secondary N) is 1. The van der Waals surface area contributed by atoms with Gasteiger partial charge in [-0.25, -0.2) is 4.98 Å². The number of aryl methyl sites for hydroxylation is 1. The molecule has 1 amide bonds. The molecular formula is C19H21N3O3S. The normalized spacial score (nSPS) is 10.7. The summed E-state index contributed by atoms with van der Waals surface area (Å²) in [5.74, 6) is 2.17. The fourth-order valence-electron chi connectivity index (χ4n) is 2.58. The number of hydrogen-bond acceptors (Lipinski definition) is 5. The first-order valence-electron chi connectivity index (χ1n) is 8.13. The van der Waals surface area contributed by atoms with Crippen molar-refractivity contribution in [2.75, 3.05) is 25.3 Å². The van der Waals surface area contributed by atoms with Crippen molar-refractivity contribution in [2.45, 2.75) is 12.7 Å². The zero-order valence-electron chi connectivity index (χ0n) is 15.0. The summed E-state index contributed by atoms with van der Waals surface area (Å²) >= 11 is 1.53. The summed E-state index contributed by atoms with van der Waals surface area (Å²) in [7, 11) is 3.14. The number of thioether (sulfide) groups is 1. The number of methoxy groups -OCH3 is 2. The molecule has 2 aromatic heterocycles. The summed E-state index contributed by atoms with van der Waals surface area (Å²) in [6.45, 7) is 2.05. The molecule has 7 heteroatoms. The van der Waals surface area contributed by atoms with E-state index in [1.165, 1.54) is 17.3 Å². The highest BCUT2D eigenvalue weighted by molar-refractivity contribution is 7.99. The molecule has 6 nitrogen and oxygen atoms in total. The van der Waals surface area contributed by atoms with Crippen molar-refractivity contribution < 1.29 is 14.3 Å². The van der Waals surface area contributed by atoms with Crippen LogP contribution in [0.2, 0.25) is 0 Å². The fourth-order valence-corrected chi connectivity index (χ4v) is 3.29. The fraction of sp³-hybridized carbons (Fsp3) is 0.263. The third-order valence-electron chi connectivity index (χ3n) is 3.80. The average Bonchev–Trinajstić information content (AvgIpc) is 3.03. The summed E-state index contributed by atoms with van der Waals surface area (Å²) in [6, 6.07) is 9.32. The van der Waals surface area contributed by atoms with Gasteiger partial charge in [0, 0.05) is 29.9 Å². The number of imidazole rings is 1. The summed E-state index contributed by atoms with van der Waals surface area (Å²) in [5, 5.41) is 2.87. The summed E-state index contributed by atoms with van der Waals surface area (Å²) < 4.78 is 12.4. The van der Waals surface area contributed by atoms with Gasteiger partial charge in [-0.15, -0.1) is 11.8 Å². The van der Waals surface area contributed by atoms with E-state index in [9.17, 15) is 4.79 Å². The third kappa shape index (κ3) is 4.29. The Hall–Kier alpha value is -2.67. The number of carbonyl (C=O) groups excluding carboxylic acids is 1. The van der Waals surface area contributed by atoms with Gasteiger partial charge in [0.15, 0.2) is 11.5 Å². The van der Waals surface area contributed by atoms with Gasteiger partial charge in [0.05, 0.1) is 25.7 Å². The largest absolute Gasteiger partial charge is 0.493 e. The molecule has 0 aliphatic rings.